The molecule has 2 N–H and O–H groups in total. The van der Waals surface area contributed by atoms with E-state index < -0.39 is 5.00 Å². The topological polar surface area (TPSA) is 49.8 Å². The van der Waals surface area contributed by atoms with Gasteiger partial charge in [-0.05, 0) is 17.2 Å². The molecular formula is C15H13ClN2. The van der Waals surface area contributed by atoms with Crippen molar-refractivity contribution in [3.05, 3.63) is 65.3 Å². The molecule has 2 nitrogen and oxygen atoms in total. The molecule has 0 saturated heterocycles. The maximum atomic E-state index is 9.10. The van der Waals surface area contributed by atoms with Gasteiger partial charge in [0.25, 0.3) is 0 Å². The SMILES string of the molecule is N#CC1=C(C=Cc2ccccc2)C=CC(N)(Cl)C1. The summed E-state index contributed by atoms with van der Waals surface area (Å²) >= 11 is 6.01. The standard InChI is InChI=1S/C15H13ClN2/c16-15(18)9-8-13(14(10-15)11-17)7-6-12-4-2-1-3-5-12/h1-9H,10,18H2. The fourth-order valence-corrected chi connectivity index (χ4v) is 1.97. The van der Waals surface area contributed by atoms with E-state index in [9.17, 15) is 0 Å². The number of alkyl halides is 1. The van der Waals surface area contributed by atoms with Crippen LogP contribution in [0.25, 0.3) is 6.08 Å². The summed E-state index contributed by atoms with van der Waals surface area (Å²) in [5.41, 5.74) is 8.35. The minimum absolute atomic E-state index is 0.357. The van der Waals surface area contributed by atoms with E-state index in [0.29, 0.717) is 12.0 Å². The first kappa shape index (κ1) is 12.6. The summed E-state index contributed by atoms with van der Waals surface area (Å²) in [5, 5.41) is 9.10. The fourth-order valence-electron chi connectivity index (χ4n) is 1.77. The summed E-state index contributed by atoms with van der Waals surface area (Å²) in [7, 11) is 0. The third-order valence-corrected chi connectivity index (χ3v) is 2.99. The van der Waals surface area contributed by atoms with Crippen LogP contribution in [0.4, 0.5) is 0 Å². The molecule has 1 aromatic carbocycles. The Hall–Kier alpha value is -1.82. The van der Waals surface area contributed by atoms with Crippen LogP contribution in [0.15, 0.2) is 59.7 Å². The second kappa shape index (κ2) is 5.22. The lowest BCUT2D eigenvalue weighted by molar-refractivity contribution is 0.723. The van der Waals surface area contributed by atoms with Gasteiger partial charge < -0.3 is 5.73 Å². The van der Waals surface area contributed by atoms with Gasteiger partial charge in [-0.1, -0.05) is 60.2 Å². The van der Waals surface area contributed by atoms with Gasteiger partial charge in [-0.3, -0.25) is 0 Å². The van der Waals surface area contributed by atoms with Crippen LogP contribution < -0.4 is 5.73 Å². The van der Waals surface area contributed by atoms with Crippen LogP contribution in [-0.2, 0) is 0 Å². The van der Waals surface area contributed by atoms with Crippen molar-refractivity contribution in [3.63, 3.8) is 0 Å². The monoisotopic (exact) mass is 256 g/mol. The van der Waals surface area contributed by atoms with E-state index in [1.54, 1.807) is 12.2 Å². The number of hydrogen-bond donors (Lipinski definition) is 1. The minimum atomic E-state index is -0.935. The molecule has 90 valence electrons. The van der Waals surface area contributed by atoms with Crippen molar-refractivity contribution in [3.8, 4) is 6.07 Å². The van der Waals surface area contributed by atoms with Crippen molar-refractivity contribution in [1.82, 2.24) is 0 Å². The van der Waals surface area contributed by atoms with Crippen molar-refractivity contribution in [2.75, 3.05) is 0 Å². The Morgan fingerprint density at radius 1 is 1.28 bits per heavy atom. The number of nitrogens with two attached hydrogens (primary N) is 1. The highest BCUT2D eigenvalue weighted by Crippen LogP contribution is 2.28. The molecule has 0 spiro atoms. The maximum absolute atomic E-state index is 9.10. The first-order chi connectivity index (χ1) is 8.61. The van der Waals surface area contributed by atoms with Crippen LogP contribution in [0.5, 0.6) is 0 Å². The molecule has 2 rings (SSSR count). The van der Waals surface area contributed by atoms with Gasteiger partial charge in [0, 0.05) is 12.0 Å². The Kier molecular flexibility index (Phi) is 3.66. The van der Waals surface area contributed by atoms with E-state index in [0.717, 1.165) is 11.1 Å². The van der Waals surface area contributed by atoms with Crippen LogP contribution in [0.3, 0.4) is 0 Å². The summed E-state index contributed by atoms with van der Waals surface area (Å²) in [6, 6.07) is 12.1. The summed E-state index contributed by atoms with van der Waals surface area (Å²) in [6.45, 7) is 0. The van der Waals surface area contributed by atoms with Crippen molar-refractivity contribution < 1.29 is 0 Å². The number of halogens is 1. The van der Waals surface area contributed by atoms with Crippen molar-refractivity contribution >= 4 is 17.7 Å². The molecule has 1 aliphatic carbocycles. The zero-order valence-corrected chi connectivity index (χ0v) is 10.6. The zero-order valence-electron chi connectivity index (χ0n) is 9.81. The second-order valence-corrected chi connectivity index (χ2v) is 4.93. The third kappa shape index (κ3) is 3.10. The molecule has 1 unspecified atom stereocenters. The average molecular weight is 257 g/mol. The number of rotatable bonds is 2. The molecule has 1 aromatic rings. The number of nitrogens with zero attached hydrogens (tertiary/aromatic N) is 1. The van der Waals surface area contributed by atoms with Crippen molar-refractivity contribution in [2.45, 2.75) is 11.4 Å². The summed E-state index contributed by atoms with van der Waals surface area (Å²) < 4.78 is 0. The summed E-state index contributed by atoms with van der Waals surface area (Å²) in [5.74, 6) is 0. The number of allylic oxidation sites excluding steroid dienone is 3. The molecule has 1 aliphatic rings. The van der Waals surface area contributed by atoms with E-state index in [4.69, 9.17) is 22.6 Å². The highest BCUT2D eigenvalue weighted by Gasteiger charge is 2.24. The molecule has 0 bridgehead atoms. The van der Waals surface area contributed by atoms with Gasteiger partial charge >= 0.3 is 0 Å². The number of benzene rings is 1. The highest BCUT2D eigenvalue weighted by atomic mass is 35.5. The molecule has 0 saturated carbocycles. The Labute approximate surface area is 112 Å². The molecule has 3 heteroatoms. The van der Waals surface area contributed by atoms with E-state index >= 15 is 0 Å². The Balaban J connectivity index is 2.24. The van der Waals surface area contributed by atoms with Gasteiger partial charge in [-0.25, -0.2) is 0 Å². The van der Waals surface area contributed by atoms with Gasteiger partial charge in [0.05, 0.1) is 6.07 Å². The van der Waals surface area contributed by atoms with Crippen LogP contribution in [0.1, 0.15) is 12.0 Å². The number of hydrogen-bond acceptors (Lipinski definition) is 2. The molecule has 0 heterocycles. The van der Waals surface area contributed by atoms with Crippen molar-refractivity contribution in [2.24, 2.45) is 5.73 Å². The van der Waals surface area contributed by atoms with Gasteiger partial charge in [-0.2, -0.15) is 5.26 Å². The van der Waals surface area contributed by atoms with Gasteiger partial charge in [-0.15, -0.1) is 0 Å². The first-order valence-corrected chi connectivity index (χ1v) is 6.02. The quantitative estimate of drug-likeness (QED) is 0.651. The normalized spacial score (nSPS) is 23.4. The van der Waals surface area contributed by atoms with E-state index in [1.165, 1.54) is 0 Å². The largest absolute Gasteiger partial charge is 0.309 e. The molecule has 0 aliphatic heterocycles. The van der Waals surface area contributed by atoms with E-state index in [-0.39, 0.29) is 0 Å². The van der Waals surface area contributed by atoms with Crippen LogP contribution in [-0.4, -0.2) is 5.00 Å². The molecule has 0 amide bonds. The molecule has 0 aromatic heterocycles. The van der Waals surface area contributed by atoms with Crippen molar-refractivity contribution in [1.29, 1.82) is 5.26 Å². The van der Waals surface area contributed by atoms with Crippen LogP contribution >= 0.6 is 11.6 Å². The van der Waals surface area contributed by atoms with Crippen LogP contribution in [0.2, 0.25) is 0 Å². The lowest BCUT2D eigenvalue weighted by Gasteiger charge is -2.21. The number of nitriles is 1. The molecule has 1 atom stereocenters. The molecular weight excluding hydrogens is 244 g/mol. The predicted octanol–water partition coefficient (Wildman–Crippen LogP) is 3.37. The smallest absolute Gasteiger partial charge is 0.115 e. The molecule has 18 heavy (non-hydrogen) atoms. The fraction of sp³-hybridized carbons (Fsp3) is 0.133. The maximum Gasteiger partial charge on any atom is 0.115 e. The van der Waals surface area contributed by atoms with Crippen LogP contribution in [0, 0.1) is 11.3 Å². The lowest BCUT2D eigenvalue weighted by atomic mass is 9.94. The van der Waals surface area contributed by atoms with Gasteiger partial charge in [0.1, 0.15) is 5.00 Å². The molecule has 0 fully saturated rings. The average Bonchev–Trinajstić information content (AvgIpc) is 2.37. The van der Waals surface area contributed by atoms with E-state index in [2.05, 4.69) is 6.07 Å². The minimum Gasteiger partial charge on any atom is -0.309 e. The second-order valence-electron chi connectivity index (χ2n) is 4.23. The third-order valence-electron chi connectivity index (χ3n) is 2.73. The zero-order chi connectivity index (χ0) is 13.0. The predicted molar refractivity (Wildman–Crippen MR) is 74.6 cm³/mol. The van der Waals surface area contributed by atoms with Gasteiger partial charge in [0.15, 0.2) is 0 Å². The van der Waals surface area contributed by atoms with E-state index in [1.807, 2.05) is 42.5 Å². The Morgan fingerprint density at radius 3 is 2.67 bits per heavy atom. The molecule has 0 radical (unpaired) electrons. The highest BCUT2D eigenvalue weighted by molar-refractivity contribution is 6.25. The first-order valence-electron chi connectivity index (χ1n) is 5.64. The Bertz CT molecular complexity index is 560. The summed E-state index contributed by atoms with van der Waals surface area (Å²) in [4.78, 5) is -0.935. The van der Waals surface area contributed by atoms with Gasteiger partial charge in [0.2, 0.25) is 0 Å². The lowest BCUT2D eigenvalue weighted by Crippen LogP contribution is -2.32. The Morgan fingerprint density at radius 2 is 2.00 bits per heavy atom. The summed E-state index contributed by atoms with van der Waals surface area (Å²) in [6.07, 6.45) is 7.76.